The normalized spacial score (nSPS) is 14.7. The van der Waals surface area contributed by atoms with Gasteiger partial charge >= 0.3 is 5.97 Å². The molecule has 11 nitrogen and oxygen atoms in total. The summed E-state index contributed by atoms with van der Waals surface area (Å²) in [5.74, 6) is -3.52. The standard InChI is InChI=1S/C18H33N5O6S/c1-4-10(2)15(18(28)29)23-17(27)12(7-8-30-3)22-16(26)11(5-6-13(20)24)21-14(25)9-19/h10-12,15H,4-9,19H2,1-3H3,(H2,20,24)(H,21,25)(H,22,26)(H,23,27)(H,28,29). The van der Waals surface area contributed by atoms with Crippen molar-refractivity contribution < 1.29 is 29.1 Å². The van der Waals surface area contributed by atoms with Gasteiger partial charge in [0.15, 0.2) is 0 Å². The minimum absolute atomic E-state index is 0.0611. The topological polar surface area (TPSA) is 194 Å². The van der Waals surface area contributed by atoms with Crippen LogP contribution in [0.4, 0.5) is 0 Å². The molecule has 0 bridgehead atoms. The van der Waals surface area contributed by atoms with Gasteiger partial charge in [0.2, 0.25) is 23.6 Å². The number of carbonyl (C=O) groups is 5. The van der Waals surface area contributed by atoms with Crippen LogP contribution in [0, 0.1) is 5.92 Å². The lowest BCUT2D eigenvalue weighted by Gasteiger charge is -2.26. The van der Waals surface area contributed by atoms with Crippen molar-refractivity contribution in [2.75, 3.05) is 18.6 Å². The molecular weight excluding hydrogens is 414 g/mol. The van der Waals surface area contributed by atoms with E-state index < -0.39 is 47.7 Å². The predicted octanol–water partition coefficient (Wildman–Crippen LogP) is -1.45. The average molecular weight is 448 g/mol. The highest BCUT2D eigenvalue weighted by Gasteiger charge is 2.31. The first-order valence-electron chi connectivity index (χ1n) is 9.67. The highest BCUT2D eigenvalue weighted by atomic mass is 32.2. The van der Waals surface area contributed by atoms with Gasteiger partial charge < -0.3 is 32.5 Å². The molecule has 0 radical (unpaired) electrons. The van der Waals surface area contributed by atoms with Gasteiger partial charge in [-0.15, -0.1) is 0 Å². The summed E-state index contributed by atoms with van der Waals surface area (Å²) < 4.78 is 0. The largest absolute Gasteiger partial charge is 0.480 e. The molecule has 0 aliphatic rings. The van der Waals surface area contributed by atoms with E-state index in [4.69, 9.17) is 11.5 Å². The van der Waals surface area contributed by atoms with Crippen LogP contribution in [0.15, 0.2) is 0 Å². The molecule has 0 saturated heterocycles. The van der Waals surface area contributed by atoms with Crippen molar-refractivity contribution in [3.05, 3.63) is 0 Å². The van der Waals surface area contributed by atoms with Crippen LogP contribution in [-0.2, 0) is 24.0 Å². The van der Waals surface area contributed by atoms with E-state index in [1.54, 1.807) is 6.92 Å². The Balaban J connectivity index is 5.38. The van der Waals surface area contributed by atoms with Crippen LogP contribution < -0.4 is 27.4 Å². The number of thioether (sulfide) groups is 1. The van der Waals surface area contributed by atoms with Gasteiger partial charge in [0, 0.05) is 6.42 Å². The number of carboxylic acids is 1. The Hall–Kier alpha value is -2.34. The zero-order chi connectivity index (χ0) is 23.3. The Morgan fingerprint density at radius 3 is 2.03 bits per heavy atom. The van der Waals surface area contributed by atoms with Crippen molar-refractivity contribution in [3.63, 3.8) is 0 Å². The number of nitrogens with two attached hydrogens (primary N) is 2. The van der Waals surface area contributed by atoms with Crippen LogP contribution in [0.3, 0.4) is 0 Å². The lowest BCUT2D eigenvalue weighted by Crippen LogP contribution is -2.57. The van der Waals surface area contributed by atoms with Crippen LogP contribution in [0.5, 0.6) is 0 Å². The third kappa shape index (κ3) is 10.4. The number of hydrogen-bond donors (Lipinski definition) is 6. The summed E-state index contributed by atoms with van der Waals surface area (Å²) in [7, 11) is 0. The van der Waals surface area contributed by atoms with Gasteiger partial charge in [-0.3, -0.25) is 19.2 Å². The molecule has 0 aromatic heterocycles. The van der Waals surface area contributed by atoms with Crippen molar-refractivity contribution in [2.24, 2.45) is 17.4 Å². The smallest absolute Gasteiger partial charge is 0.326 e. The van der Waals surface area contributed by atoms with Crippen molar-refractivity contribution in [3.8, 4) is 0 Å². The monoisotopic (exact) mass is 447 g/mol. The minimum atomic E-state index is -1.16. The maximum atomic E-state index is 12.7. The number of carbonyl (C=O) groups excluding carboxylic acids is 4. The lowest BCUT2D eigenvalue weighted by atomic mass is 9.98. The summed E-state index contributed by atoms with van der Waals surface area (Å²) >= 11 is 1.45. The van der Waals surface area contributed by atoms with Crippen molar-refractivity contribution >= 4 is 41.4 Å². The first kappa shape index (κ1) is 27.7. The number of rotatable bonds is 15. The van der Waals surface area contributed by atoms with E-state index in [0.717, 1.165) is 0 Å². The van der Waals surface area contributed by atoms with Crippen LogP contribution in [0.2, 0.25) is 0 Å². The molecule has 4 amide bonds. The van der Waals surface area contributed by atoms with Gasteiger partial charge in [-0.1, -0.05) is 20.3 Å². The fourth-order valence-corrected chi connectivity index (χ4v) is 2.99. The van der Waals surface area contributed by atoms with E-state index in [2.05, 4.69) is 16.0 Å². The van der Waals surface area contributed by atoms with Gasteiger partial charge in [0.25, 0.3) is 0 Å². The molecule has 12 heteroatoms. The highest BCUT2D eigenvalue weighted by Crippen LogP contribution is 2.10. The first-order valence-corrected chi connectivity index (χ1v) is 11.1. The number of hydrogen-bond acceptors (Lipinski definition) is 7. The van der Waals surface area contributed by atoms with E-state index in [9.17, 15) is 29.1 Å². The molecule has 0 saturated carbocycles. The Morgan fingerprint density at radius 1 is 1.00 bits per heavy atom. The summed E-state index contributed by atoms with van der Waals surface area (Å²) in [4.78, 5) is 59.5. The third-order valence-electron chi connectivity index (χ3n) is 4.54. The molecule has 8 N–H and O–H groups in total. The Morgan fingerprint density at radius 2 is 1.57 bits per heavy atom. The lowest BCUT2D eigenvalue weighted by molar-refractivity contribution is -0.143. The van der Waals surface area contributed by atoms with Gasteiger partial charge in [0.05, 0.1) is 6.54 Å². The molecule has 0 aliphatic heterocycles. The Kier molecular flexibility index (Phi) is 13.5. The fourth-order valence-electron chi connectivity index (χ4n) is 2.52. The quantitative estimate of drug-likeness (QED) is 0.175. The van der Waals surface area contributed by atoms with Gasteiger partial charge in [-0.25, -0.2) is 4.79 Å². The minimum Gasteiger partial charge on any atom is -0.480 e. The summed E-state index contributed by atoms with van der Waals surface area (Å²) in [5.41, 5.74) is 10.4. The van der Waals surface area contributed by atoms with E-state index in [1.807, 2.05) is 13.2 Å². The van der Waals surface area contributed by atoms with Gasteiger partial charge in [0.1, 0.15) is 18.1 Å². The van der Waals surface area contributed by atoms with Crippen molar-refractivity contribution in [1.29, 1.82) is 0 Å². The third-order valence-corrected chi connectivity index (χ3v) is 5.18. The van der Waals surface area contributed by atoms with E-state index in [0.29, 0.717) is 12.2 Å². The molecule has 4 unspecified atom stereocenters. The zero-order valence-electron chi connectivity index (χ0n) is 17.6. The number of nitrogens with one attached hydrogen (secondary N) is 3. The van der Waals surface area contributed by atoms with Crippen LogP contribution in [0.25, 0.3) is 0 Å². The number of aliphatic carboxylic acids is 1. The Bertz CT molecular complexity index is 618. The predicted molar refractivity (Wildman–Crippen MR) is 113 cm³/mol. The maximum absolute atomic E-state index is 12.7. The second kappa shape index (κ2) is 14.6. The molecule has 30 heavy (non-hydrogen) atoms. The van der Waals surface area contributed by atoms with Crippen LogP contribution in [-0.4, -0.2) is 71.4 Å². The molecule has 4 atom stereocenters. The highest BCUT2D eigenvalue weighted by molar-refractivity contribution is 7.98. The number of carboxylic acid groups (broad SMARTS) is 1. The van der Waals surface area contributed by atoms with Gasteiger partial charge in [-0.05, 0) is 30.8 Å². The molecule has 172 valence electrons. The first-order chi connectivity index (χ1) is 14.1. The molecule has 0 fully saturated rings. The molecule has 0 aliphatic carbocycles. The second-order valence-electron chi connectivity index (χ2n) is 6.88. The van der Waals surface area contributed by atoms with E-state index in [-0.39, 0.29) is 31.7 Å². The molecule has 0 rings (SSSR count). The summed E-state index contributed by atoms with van der Waals surface area (Å²) in [5, 5.41) is 16.8. The summed E-state index contributed by atoms with van der Waals surface area (Å²) in [6, 6.07) is -3.22. The van der Waals surface area contributed by atoms with E-state index in [1.165, 1.54) is 11.8 Å². The van der Waals surface area contributed by atoms with Crippen LogP contribution in [0.1, 0.15) is 39.5 Å². The van der Waals surface area contributed by atoms with Crippen molar-refractivity contribution in [2.45, 2.75) is 57.7 Å². The summed E-state index contributed by atoms with van der Waals surface area (Å²) in [6.45, 7) is 3.16. The fraction of sp³-hybridized carbons (Fsp3) is 0.722. The average Bonchev–Trinajstić information content (AvgIpc) is 2.70. The second-order valence-corrected chi connectivity index (χ2v) is 7.87. The molecular formula is C18H33N5O6S. The zero-order valence-corrected chi connectivity index (χ0v) is 18.4. The SMILES string of the molecule is CCC(C)C(NC(=O)C(CCSC)NC(=O)C(CCC(N)=O)NC(=O)CN)C(=O)O. The maximum Gasteiger partial charge on any atom is 0.326 e. The van der Waals surface area contributed by atoms with Crippen LogP contribution >= 0.6 is 11.8 Å². The molecule has 0 spiro atoms. The molecule has 0 heterocycles. The number of amides is 4. The van der Waals surface area contributed by atoms with Crippen molar-refractivity contribution in [1.82, 2.24) is 16.0 Å². The number of primary amides is 1. The van der Waals surface area contributed by atoms with E-state index >= 15 is 0 Å². The summed E-state index contributed by atoms with van der Waals surface area (Å²) in [6.07, 6.45) is 2.40. The van der Waals surface area contributed by atoms with Gasteiger partial charge in [-0.2, -0.15) is 11.8 Å². The molecule has 0 aromatic carbocycles. The Labute approximate surface area is 180 Å². The molecule has 0 aromatic rings.